The van der Waals surface area contributed by atoms with Gasteiger partial charge in [-0.15, -0.1) is 13.2 Å². The monoisotopic (exact) mass is 554 g/mol. The highest BCUT2D eigenvalue weighted by Crippen LogP contribution is 2.34. The van der Waals surface area contributed by atoms with Crippen molar-refractivity contribution in [3.05, 3.63) is 76.7 Å². The third-order valence-corrected chi connectivity index (χ3v) is 6.52. The van der Waals surface area contributed by atoms with Crippen molar-refractivity contribution in [1.29, 1.82) is 0 Å². The van der Waals surface area contributed by atoms with Crippen LogP contribution in [0.2, 0.25) is 0 Å². The summed E-state index contributed by atoms with van der Waals surface area (Å²) in [5.74, 6) is -0.769. The fourth-order valence-corrected chi connectivity index (χ4v) is 4.62. The van der Waals surface area contributed by atoms with Crippen LogP contribution in [0.1, 0.15) is 12.5 Å². The third-order valence-electron chi connectivity index (χ3n) is 6.52. The van der Waals surface area contributed by atoms with Gasteiger partial charge in [0, 0.05) is 17.7 Å². The fraction of sp³-hybridized carbons (Fsp3) is 0.154. The Hall–Kier alpha value is -5.27. The molecule has 2 aromatic heterocycles. The number of imide groups is 1. The number of ether oxygens (including phenoxy) is 3. The van der Waals surface area contributed by atoms with E-state index in [-0.39, 0.29) is 33.7 Å². The summed E-state index contributed by atoms with van der Waals surface area (Å²) in [4.78, 5) is 38.1. The molecular formula is C26H17F3N4O7. The van der Waals surface area contributed by atoms with E-state index in [1.165, 1.54) is 30.7 Å². The molecule has 40 heavy (non-hydrogen) atoms. The van der Waals surface area contributed by atoms with Crippen molar-refractivity contribution >= 4 is 34.0 Å². The van der Waals surface area contributed by atoms with Crippen molar-refractivity contribution in [3.63, 3.8) is 0 Å². The minimum atomic E-state index is -4.97. The quantitative estimate of drug-likeness (QED) is 0.341. The lowest BCUT2D eigenvalue weighted by Gasteiger charge is -2.20. The summed E-state index contributed by atoms with van der Waals surface area (Å²) in [6, 6.07) is 14.3. The van der Waals surface area contributed by atoms with Crippen LogP contribution >= 0.6 is 0 Å². The molecule has 6 rings (SSSR count). The summed E-state index contributed by atoms with van der Waals surface area (Å²) in [6.07, 6.45) is -5.89. The van der Waals surface area contributed by atoms with E-state index in [0.29, 0.717) is 11.1 Å². The zero-order chi connectivity index (χ0) is 28.4. The van der Waals surface area contributed by atoms with Crippen molar-refractivity contribution in [3.8, 4) is 23.0 Å². The Bertz CT molecular complexity index is 1910. The molecule has 0 bridgehead atoms. The molecule has 0 saturated carbocycles. The maximum Gasteiger partial charge on any atom is 0.573 e. The lowest BCUT2D eigenvalue weighted by atomic mass is 9.95. The zero-order valence-corrected chi connectivity index (χ0v) is 20.6. The van der Waals surface area contributed by atoms with E-state index in [1.807, 2.05) is 0 Å². The van der Waals surface area contributed by atoms with Crippen LogP contribution in [0.15, 0.2) is 70.0 Å². The summed E-state index contributed by atoms with van der Waals surface area (Å²) >= 11 is 0. The number of hydrogen-bond donors (Lipinski definition) is 1. The van der Waals surface area contributed by atoms with Crippen LogP contribution in [0, 0.1) is 0 Å². The molecule has 1 aliphatic heterocycles. The second kappa shape index (κ2) is 8.62. The molecule has 1 atom stereocenters. The Morgan fingerprint density at radius 3 is 2.42 bits per heavy atom. The first-order valence-corrected chi connectivity index (χ1v) is 11.6. The van der Waals surface area contributed by atoms with Gasteiger partial charge in [-0.25, -0.2) is 14.2 Å². The van der Waals surface area contributed by atoms with Crippen LogP contribution < -0.4 is 20.5 Å². The van der Waals surface area contributed by atoms with Gasteiger partial charge >= 0.3 is 18.1 Å². The largest absolute Gasteiger partial charge is 0.573 e. The molecule has 0 radical (unpaired) electrons. The minimum Gasteiger partial charge on any atom is -0.497 e. The number of hydrogen-bond acceptors (Lipinski definition) is 8. The average Bonchev–Trinajstić information content (AvgIpc) is 3.52. The number of carbonyl (C=O) groups excluding carboxylic acids is 2. The van der Waals surface area contributed by atoms with Gasteiger partial charge in [0.15, 0.2) is 11.4 Å². The van der Waals surface area contributed by atoms with Gasteiger partial charge in [0.05, 0.1) is 29.2 Å². The van der Waals surface area contributed by atoms with Gasteiger partial charge in [-0.1, -0.05) is 17.3 Å². The summed E-state index contributed by atoms with van der Waals surface area (Å²) in [6.45, 7) is 1.40. The number of carbonyl (C=O) groups is 2. The average molecular weight is 554 g/mol. The molecule has 0 aliphatic carbocycles. The van der Waals surface area contributed by atoms with E-state index in [9.17, 15) is 27.6 Å². The highest BCUT2D eigenvalue weighted by molar-refractivity contribution is 6.03. The molecule has 1 N–H and O–H groups in total. The predicted molar refractivity (Wildman–Crippen MR) is 132 cm³/mol. The van der Waals surface area contributed by atoms with Crippen LogP contribution in [-0.2, 0) is 15.1 Å². The van der Waals surface area contributed by atoms with Crippen LogP contribution in [0.3, 0.4) is 0 Å². The minimum absolute atomic E-state index is 0.0165. The van der Waals surface area contributed by atoms with Gasteiger partial charge in [0.1, 0.15) is 11.5 Å². The number of aromatic nitrogens is 3. The number of benzene rings is 3. The SMILES string of the molecule is COc1ccc2c(-n3c(=O)n(-c4cccc([C@@]5(C)OC(=O)NC5=O)c4)c4ccc(OC(F)(F)F)cc43)noc2c1. The smallest absolute Gasteiger partial charge is 0.497 e. The summed E-state index contributed by atoms with van der Waals surface area (Å²) < 4.78 is 61.3. The van der Waals surface area contributed by atoms with Crippen LogP contribution in [-0.4, -0.2) is 39.8 Å². The predicted octanol–water partition coefficient (Wildman–Crippen LogP) is 4.31. The molecule has 14 heteroatoms. The van der Waals surface area contributed by atoms with Gasteiger partial charge in [-0.2, -0.15) is 0 Å². The van der Waals surface area contributed by atoms with Gasteiger partial charge < -0.3 is 18.7 Å². The number of rotatable bonds is 5. The highest BCUT2D eigenvalue weighted by atomic mass is 19.4. The fourth-order valence-electron chi connectivity index (χ4n) is 4.62. The van der Waals surface area contributed by atoms with Crippen LogP contribution in [0.4, 0.5) is 18.0 Å². The zero-order valence-electron chi connectivity index (χ0n) is 20.6. The van der Waals surface area contributed by atoms with Gasteiger partial charge in [-0.3, -0.25) is 14.7 Å². The molecule has 204 valence electrons. The van der Waals surface area contributed by atoms with E-state index < -0.39 is 35.4 Å². The number of nitrogens with zero attached hydrogens (tertiary/aromatic N) is 3. The second-order valence-corrected chi connectivity index (χ2v) is 8.95. The second-order valence-electron chi connectivity index (χ2n) is 8.95. The number of alkyl halides is 3. The molecule has 3 heterocycles. The number of methoxy groups -OCH3 is 1. The summed E-state index contributed by atoms with van der Waals surface area (Å²) in [7, 11) is 1.46. The van der Waals surface area contributed by atoms with Gasteiger partial charge in [-0.05, 0) is 43.3 Å². The lowest BCUT2D eigenvalue weighted by Crippen LogP contribution is -2.33. The number of fused-ring (bicyclic) bond motifs is 2. The molecule has 11 nitrogen and oxygen atoms in total. The maximum atomic E-state index is 14.0. The molecule has 5 aromatic rings. The Balaban J connectivity index is 1.60. The topological polar surface area (TPSA) is 127 Å². The molecule has 0 unspecified atom stereocenters. The Morgan fingerprint density at radius 2 is 1.73 bits per heavy atom. The first-order valence-electron chi connectivity index (χ1n) is 11.6. The standard InChI is InChI=1S/C26H17F3N4O7/c1-25(22(34)30-23(35)39-25)13-4-3-5-14(10-13)32-18-9-7-16(38-26(27,28)29)11-19(18)33(24(32)36)21-17-8-6-15(37-2)12-20(17)40-31-21/h3-12H,1-2H3,(H,30,34,35)/t25-/m1/s1. The van der Waals surface area contributed by atoms with Crippen LogP contribution in [0.25, 0.3) is 33.5 Å². The number of cyclic esters (lactones) is 1. The van der Waals surface area contributed by atoms with Crippen molar-refractivity contribution in [2.75, 3.05) is 7.11 Å². The Kier molecular flexibility index (Phi) is 5.40. The Morgan fingerprint density at radius 1 is 0.950 bits per heavy atom. The van der Waals surface area contributed by atoms with Crippen molar-refractivity contribution in [2.45, 2.75) is 18.9 Å². The van der Waals surface area contributed by atoms with E-state index in [4.69, 9.17) is 14.0 Å². The van der Waals surface area contributed by atoms with E-state index in [1.54, 1.807) is 36.4 Å². The number of alkyl carbamates (subject to hydrolysis) is 1. The summed E-state index contributed by atoms with van der Waals surface area (Å²) in [5.41, 5.74) is -1.38. The van der Waals surface area contributed by atoms with Crippen molar-refractivity contribution in [1.82, 2.24) is 19.6 Å². The number of imidazole rings is 1. The first kappa shape index (κ1) is 25.0. The molecule has 1 saturated heterocycles. The number of amides is 2. The molecular weight excluding hydrogens is 537 g/mol. The van der Waals surface area contributed by atoms with E-state index >= 15 is 0 Å². The normalized spacial score (nSPS) is 17.3. The molecule has 0 spiro atoms. The molecule has 2 amide bonds. The number of nitrogens with one attached hydrogen (secondary N) is 1. The van der Waals surface area contributed by atoms with E-state index in [2.05, 4.69) is 15.2 Å². The molecule has 1 fully saturated rings. The summed E-state index contributed by atoms with van der Waals surface area (Å²) in [5, 5.41) is 6.48. The maximum absolute atomic E-state index is 14.0. The lowest BCUT2D eigenvalue weighted by molar-refractivity contribution is -0.274. The van der Waals surface area contributed by atoms with Crippen LogP contribution in [0.5, 0.6) is 11.5 Å². The van der Waals surface area contributed by atoms with E-state index in [0.717, 1.165) is 16.7 Å². The highest BCUT2D eigenvalue weighted by Gasteiger charge is 2.46. The van der Waals surface area contributed by atoms with Crippen molar-refractivity contribution in [2.24, 2.45) is 0 Å². The number of halogens is 3. The molecule has 3 aromatic carbocycles. The first-order chi connectivity index (χ1) is 19.0. The van der Waals surface area contributed by atoms with Gasteiger partial charge in [0.25, 0.3) is 5.91 Å². The molecule has 1 aliphatic rings. The van der Waals surface area contributed by atoms with Gasteiger partial charge in [0.2, 0.25) is 5.60 Å². The third kappa shape index (κ3) is 3.92. The Labute approximate surface area is 221 Å². The van der Waals surface area contributed by atoms with Crippen molar-refractivity contribution < 1.29 is 41.5 Å².